The van der Waals surface area contributed by atoms with E-state index >= 15 is 0 Å². The largest absolute Gasteiger partial charge is 0.454 e. The Bertz CT molecular complexity index is 925. The van der Waals surface area contributed by atoms with Crippen molar-refractivity contribution in [2.45, 2.75) is 25.8 Å². The van der Waals surface area contributed by atoms with Crippen LogP contribution in [0.15, 0.2) is 42.5 Å². The van der Waals surface area contributed by atoms with Crippen molar-refractivity contribution in [1.29, 1.82) is 0 Å². The van der Waals surface area contributed by atoms with Gasteiger partial charge in [-0.1, -0.05) is 36.4 Å². The van der Waals surface area contributed by atoms with Crippen molar-refractivity contribution >= 4 is 5.91 Å². The molecule has 0 saturated carbocycles. The fraction of sp³-hybridized carbons (Fsp3) is 0.480. The molecule has 3 aliphatic rings. The number of carbonyl (C=O) groups is 1. The molecule has 2 heterocycles. The molecule has 0 unspecified atom stereocenters. The lowest BCUT2D eigenvalue weighted by atomic mass is 9.83. The summed E-state index contributed by atoms with van der Waals surface area (Å²) in [4.78, 5) is 17.3. The van der Waals surface area contributed by atoms with Crippen LogP contribution in [0.5, 0.6) is 11.5 Å². The van der Waals surface area contributed by atoms with Crippen LogP contribution in [0, 0.1) is 5.92 Å². The molecule has 1 N–H and O–H groups in total. The Balaban J connectivity index is 1.33. The van der Waals surface area contributed by atoms with Crippen LogP contribution in [-0.2, 0) is 28.9 Å². The summed E-state index contributed by atoms with van der Waals surface area (Å²) in [6.07, 6.45) is 2.73. The van der Waals surface area contributed by atoms with E-state index in [1.165, 1.54) is 16.0 Å². The molecule has 0 aromatic heterocycles. The van der Waals surface area contributed by atoms with Gasteiger partial charge in [-0.25, -0.2) is 0 Å². The van der Waals surface area contributed by atoms with E-state index < -0.39 is 0 Å². The van der Waals surface area contributed by atoms with E-state index in [-0.39, 0.29) is 18.6 Å². The van der Waals surface area contributed by atoms with Crippen LogP contribution in [0.25, 0.3) is 0 Å². The first-order valence-electron chi connectivity index (χ1n) is 11.4. The van der Waals surface area contributed by atoms with Crippen molar-refractivity contribution in [3.63, 3.8) is 0 Å². The molecule has 0 spiro atoms. The minimum Gasteiger partial charge on any atom is -0.454 e. The van der Waals surface area contributed by atoms with Gasteiger partial charge in [0.2, 0.25) is 12.7 Å². The predicted molar refractivity (Wildman–Crippen MR) is 116 cm³/mol. The number of nitrogens with zero attached hydrogens (tertiary/aromatic N) is 1. The summed E-state index contributed by atoms with van der Waals surface area (Å²) in [7, 11) is 0. The normalized spacial score (nSPS) is 20.3. The maximum atomic E-state index is 13.7. The van der Waals surface area contributed by atoms with E-state index in [9.17, 15) is 4.79 Å². The maximum Gasteiger partial charge on any atom is 0.231 e. The topological polar surface area (TPSA) is 52.4 Å². The van der Waals surface area contributed by atoms with Gasteiger partial charge in [0.1, 0.15) is 13.1 Å². The number of carbonyl (C=O) groups excluding carboxylic acids is 1. The van der Waals surface area contributed by atoms with Crippen LogP contribution in [0.3, 0.4) is 0 Å². The molecule has 1 saturated heterocycles. The smallest absolute Gasteiger partial charge is 0.231 e. The molecule has 164 valence electrons. The monoisotopic (exact) mass is 423 g/mol. The molecule has 6 nitrogen and oxygen atoms in total. The lowest BCUT2D eigenvalue weighted by Gasteiger charge is -2.32. The first kappa shape index (κ1) is 20.3. The molecule has 0 bridgehead atoms. The first-order valence-corrected chi connectivity index (χ1v) is 11.4. The minimum absolute atomic E-state index is 0.0449. The Morgan fingerprint density at radius 1 is 1.03 bits per heavy atom. The van der Waals surface area contributed by atoms with Gasteiger partial charge in [0.25, 0.3) is 0 Å². The molecule has 31 heavy (non-hydrogen) atoms. The van der Waals surface area contributed by atoms with Crippen LogP contribution < -0.4 is 14.4 Å². The van der Waals surface area contributed by atoms with Crippen LogP contribution in [0.2, 0.25) is 0 Å². The average molecular weight is 424 g/mol. The molecule has 5 rings (SSSR count). The van der Waals surface area contributed by atoms with Gasteiger partial charge < -0.3 is 24.0 Å². The number of aryl methyl sites for hydroxylation is 1. The Hall–Kier alpha value is -2.57. The molecular formula is C25H31N2O4+. The lowest BCUT2D eigenvalue weighted by Crippen LogP contribution is -3.14. The van der Waals surface area contributed by atoms with Gasteiger partial charge in [0, 0.05) is 18.0 Å². The molecule has 2 aromatic carbocycles. The molecule has 6 heteroatoms. The van der Waals surface area contributed by atoms with E-state index in [4.69, 9.17) is 14.2 Å². The van der Waals surface area contributed by atoms with Crippen LogP contribution >= 0.6 is 0 Å². The summed E-state index contributed by atoms with van der Waals surface area (Å²) in [6, 6.07) is 14.5. The van der Waals surface area contributed by atoms with Crippen molar-refractivity contribution in [1.82, 2.24) is 4.90 Å². The fourth-order valence-corrected chi connectivity index (χ4v) is 4.96. The zero-order valence-corrected chi connectivity index (χ0v) is 18.0. The summed E-state index contributed by atoms with van der Waals surface area (Å²) < 4.78 is 16.8. The highest BCUT2D eigenvalue weighted by molar-refractivity contribution is 5.79. The molecule has 2 aromatic rings. The second kappa shape index (κ2) is 9.28. The molecule has 1 amide bonds. The molecule has 1 fully saturated rings. The molecule has 0 radical (unpaired) electrons. The third kappa shape index (κ3) is 4.55. The molecule has 2 aliphatic heterocycles. The summed E-state index contributed by atoms with van der Waals surface area (Å²) in [5, 5.41) is 0. The van der Waals surface area contributed by atoms with Crippen molar-refractivity contribution in [3.05, 3.63) is 59.2 Å². The van der Waals surface area contributed by atoms with E-state index in [1.807, 2.05) is 18.2 Å². The van der Waals surface area contributed by atoms with Gasteiger partial charge in [0.15, 0.2) is 11.5 Å². The number of ether oxygens (including phenoxy) is 3. The quantitative estimate of drug-likeness (QED) is 0.765. The van der Waals surface area contributed by atoms with Crippen LogP contribution in [0.4, 0.5) is 0 Å². The summed E-state index contributed by atoms with van der Waals surface area (Å²) in [5.41, 5.74) is 3.74. The maximum absolute atomic E-state index is 13.7. The van der Waals surface area contributed by atoms with E-state index in [1.54, 1.807) is 0 Å². The van der Waals surface area contributed by atoms with E-state index in [0.29, 0.717) is 6.54 Å². The number of hydrogen-bond acceptors (Lipinski definition) is 4. The lowest BCUT2D eigenvalue weighted by molar-refractivity contribution is -0.907. The van der Waals surface area contributed by atoms with Gasteiger partial charge in [-0.15, -0.1) is 0 Å². The number of rotatable bonds is 6. The zero-order chi connectivity index (χ0) is 21.0. The number of hydrogen-bond donors (Lipinski definition) is 1. The Morgan fingerprint density at radius 2 is 1.87 bits per heavy atom. The van der Waals surface area contributed by atoms with E-state index in [2.05, 4.69) is 29.2 Å². The second-order valence-corrected chi connectivity index (χ2v) is 8.73. The van der Waals surface area contributed by atoms with Crippen molar-refractivity contribution in [2.75, 3.05) is 46.2 Å². The third-order valence-electron chi connectivity index (χ3n) is 6.78. The number of morpholine rings is 1. The van der Waals surface area contributed by atoms with E-state index in [0.717, 1.165) is 75.7 Å². The Morgan fingerprint density at radius 3 is 2.74 bits per heavy atom. The fourth-order valence-electron chi connectivity index (χ4n) is 4.96. The Kier molecular flexibility index (Phi) is 6.09. The highest BCUT2D eigenvalue weighted by atomic mass is 16.7. The average Bonchev–Trinajstić information content (AvgIpc) is 3.31. The number of para-hydroxylation sites is 1. The van der Waals surface area contributed by atoms with Gasteiger partial charge in [0.05, 0.1) is 26.3 Å². The van der Waals surface area contributed by atoms with Crippen molar-refractivity contribution in [3.8, 4) is 11.5 Å². The Labute approximate surface area is 183 Å². The highest BCUT2D eigenvalue weighted by Crippen LogP contribution is 2.36. The number of nitrogens with one attached hydrogen (secondary N) is 1. The van der Waals surface area contributed by atoms with Gasteiger partial charge in [-0.3, -0.25) is 4.79 Å². The highest BCUT2D eigenvalue weighted by Gasteiger charge is 2.30. The SMILES string of the molecule is O=C([C@@H]1CCc2ccccc2C1)N(CC[NH+]1CCOCC1)Cc1cccc2c1OCO2. The first-order chi connectivity index (χ1) is 15.3. The van der Waals surface area contributed by atoms with Gasteiger partial charge in [-0.2, -0.15) is 0 Å². The number of benzene rings is 2. The van der Waals surface area contributed by atoms with Gasteiger partial charge >= 0.3 is 0 Å². The number of quaternary nitrogens is 1. The minimum atomic E-state index is 0.0449. The molecular weight excluding hydrogens is 392 g/mol. The summed E-state index contributed by atoms with van der Waals surface area (Å²) >= 11 is 0. The predicted octanol–water partition coefficient (Wildman–Crippen LogP) is 1.46. The van der Waals surface area contributed by atoms with Crippen LogP contribution in [-0.4, -0.2) is 57.0 Å². The summed E-state index contributed by atoms with van der Waals surface area (Å²) in [6.45, 7) is 6.14. The zero-order valence-electron chi connectivity index (χ0n) is 18.0. The van der Waals surface area contributed by atoms with Crippen molar-refractivity contribution in [2.24, 2.45) is 5.92 Å². The number of amides is 1. The van der Waals surface area contributed by atoms with Crippen molar-refractivity contribution < 1.29 is 23.9 Å². The second-order valence-electron chi connectivity index (χ2n) is 8.73. The van der Waals surface area contributed by atoms with Gasteiger partial charge in [-0.05, 0) is 36.5 Å². The summed E-state index contributed by atoms with van der Waals surface area (Å²) in [5.74, 6) is 1.87. The third-order valence-corrected chi connectivity index (χ3v) is 6.78. The number of fused-ring (bicyclic) bond motifs is 2. The standard InChI is InChI=1S/C25H30N2O4/c28-25(21-9-8-19-4-1-2-5-20(19)16-21)27(11-10-26-12-14-29-15-13-26)17-22-6-3-7-23-24(22)31-18-30-23/h1-7,21H,8-18H2/p+1/t21-/m1/s1. The molecule has 1 aliphatic carbocycles. The van der Waals surface area contributed by atoms with Crippen LogP contribution in [0.1, 0.15) is 23.1 Å². The molecule has 1 atom stereocenters.